The number of halogens is 1. The summed E-state index contributed by atoms with van der Waals surface area (Å²) in [6, 6.07) is 0. The monoisotopic (exact) mass is 250 g/mol. The maximum Gasteiger partial charge on any atom is 0.109 e. The van der Waals surface area contributed by atoms with Crippen molar-refractivity contribution >= 4 is 15.9 Å². The molecule has 80 valence electrons. The van der Waals surface area contributed by atoms with Gasteiger partial charge in [0, 0.05) is 0 Å². The number of aliphatic hydroxyl groups excluding tert-OH is 1. The lowest BCUT2D eigenvalue weighted by molar-refractivity contribution is 0.254. The van der Waals surface area contributed by atoms with Gasteiger partial charge >= 0.3 is 0 Å². The Labute approximate surface area is 91.1 Å². The van der Waals surface area contributed by atoms with Gasteiger partial charge in [0.25, 0.3) is 0 Å². The molecule has 0 aromatic rings. The van der Waals surface area contributed by atoms with E-state index in [2.05, 4.69) is 22.9 Å². The highest BCUT2D eigenvalue weighted by Crippen LogP contribution is 2.12. The molecule has 0 aliphatic rings. The fourth-order valence-corrected chi connectivity index (χ4v) is 1.77. The van der Waals surface area contributed by atoms with Gasteiger partial charge in [-0.15, -0.1) is 0 Å². The Balaban J connectivity index is 2.84. The minimum absolute atomic E-state index is 0.285. The smallest absolute Gasteiger partial charge is 0.109 e. The summed E-state index contributed by atoms with van der Waals surface area (Å²) < 4.78 is 0. The van der Waals surface area contributed by atoms with Crippen LogP contribution in [0.5, 0.6) is 0 Å². The molecule has 13 heavy (non-hydrogen) atoms. The van der Waals surface area contributed by atoms with Crippen molar-refractivity contribution in [2.75, 3.05) is 0 Å². The molecule has 0 aromatic heterocycles. The van der Waals surface area contributed by atoms with E-state index in [1.807, 2.05) is 0 Å². The standard InChI is InChI=1S/C11H23BrO/c1-2-3-4-5-6-7-8-9-10-11(12)13/h11,13H,2-10H2,1H3. The SMILES string of the molecule is CCCCCCCCCCC(O)Br. The minimum Gasteiger partial charge on any atom is -0.382 e. The van der Waals surface area contributed by atoms with Crippen LogP contribution in [0.15, 0.2) is 0 Å². The average Bonchev–Trinajstić information content (AvgIpc) is 2.09. The fourth-order valence-electron chi connectivity index (χ4n) is 1.45. The lowest BCUT2D eigenvalue weighted by Gasteiger charge is -2.02. The largest absolute Gasteiger partial charge is 0.382 e. The molecule has 0 fully saturated rings. The Morgan fingerprint density at radius 3 is 1.85 bits per heavy atom. The first kappa shape index (κ1) is 13.4. The Morgan fingerprint density at radius 2 is 1.38 bits per heavy atom. The molecule has 1 unspecified atom stereocenters. The summed E-state index contributed by atoms with van der Waals surface area (Å²) in [5, 5.41) is 8.66. The van der Waals surface area contributed by atoms with Gasteiger partial charge in [0.1, 0.15) is 5.01 Å². The van der Waals surface area contributed by atoms with Crippen molar-refractivity contribution in [3.8, 4) is 0 Å². The van der Waals surface area contributed by atoms with Gasteiger partial charge in [-0.05, 0) is 12.8 Å². The quantitative estimate of drug-likeness (QED) is 0.480. The normalized spacial score (nSPS) is 13.2. The van der Waals surface area contributed by atoms with E-state index >= 15 is 0 Å². The van der Waals surface area contributed by atoms with Gasteiger partial charge in [-0.3, -0.25) is 0 Å². The molecule has 0 saturated carbocycles. The number of rotatable bonds is 9. The van der Waals surface area contributed by atoms with E-state index < -0.39 is 0 Å². The van der Waals surface area contributed by atoms with Crippen molar-refractivity contribution in [3.63, 3.8) is 0 Å². The number of unbranched alkanes of at least 4 members (excludes halogenated alkanes) is 7. The molecule has 0 radical (unpaired) electrons. The van der Waals surface area contributed by atoms with E-state index in [1.165, 1.54) is 44.9 Å². The summed E-state index contributed by atoms with van der Waals surface area (Å²) in [7, 11) is 0. The van der Waals surface area contributed by atoms with Crippen LogP contribution in [0.2, 0.25) is 0 Å². The summed E-state index contributed by atoms with van der Waals surface area (Å²) >= 11 is 3.13. The van der Waals surface area contributed by atoms with Gasteiger partial charge in [-0.2, -0.15) is 0 Å². The Morgan fingerprint density at radius 1 is 0.923 bits per heavy atom. The lowest BCUT2D eigenvalue weighted by atomic mass is 10.1. The minimum atomic E-state index is -0.285. The molecule has 0 heterocycles. The third-order valence-corrected chi connectivity index (χ3v) is 2.75. The number of aliphatic hydroxyl groups is 1. The van der Waals surface area contributed by atoms with Crippen LogP contribution in [-0.2, 0) is 0 Å². The van der Waals surface area contributed by atoms with Crippen LogP contribution in [-0.4, -0.2) is 10.1 Å². The zero-order valence-corrected chi connectivity index (χ0v) is 10.4. The number of hydrogen-bond acceptors (Lipinski definition) is 1. The second-order valence-corrected chi connectivity index (χ2v) is 4.75. The summed E-state index contributed by atoms with van der Waals surface area (Å²) in [6.45, 7) is 2.25. The van der Waals surface area contributed by atoms with Crippen LogP contribution in [0.3, 0.4) is 0 Å². The molecule has 0 amide bonds. The maximum absolute atomic E-state index is 8.94. The summed E-state index contributed by atoms with van der Waals surface area (Å²) in [4.78, 5) is 0. The fraction of sp³-hybridized carbons (Fsp3) is 1.00. The Hall–Kier alpha value is 0.440. The van der Waals surface area contributed by atoms with E-state index in [-0.39, 0.29) is 5.01 Å². The van der Waals surface area contributed by atoms with E-state index in [0.29, 0.717) is 0 Å². The zero-order chi connectivity index (χ0) is 9.94. The highest BCUT2D eigenvalue weighted by molar-refractivity contribution is 9.09. The highest BCUT2D eigenvalue weighted by Gasteiger charge is 1.96. The highest BCUT2D eigenvalue weighted by atomic mass is 79.9. The van der Waals surface area contributed by atoms with Crippen LogP contribution in [0, 0.1) is 0 Å². The van der Waals surface area contributed by atoms with Crippen LogP contribution < -0.4 is 0 Å². The second-order valence-electron chi connectivity index (χ2n) is 3.70. The third kappa shape index (κ3) is 12.4. The van der Waals surface area contributed by atoms with Gasteiger partial charge in [0.15, 0.2) is 0 Å². The van der Waals surface area contributed by atoms with Gasteiger partial charge in [0.05, 0.1) is 0 Å². The first-order valence-corrected chi connectivity index (χ1v) is 6.51. The summed E-state index contributed by atoms with van der Waals surface area (Å²) in [5.74, 6) is 0. The summed E-state index contributed by atoms with van der Waals surface area (Å²) in [6.07, 6.45) is 11.5. The van der Waals surface area contributed by atoms with Gasteiger partial charge < -0.3 is 5.11 Å². The second kappa shape index (κ2) is 10.5. The maximum atomic E-state index is 8.94. The molecule has 0 bridgehead atoms. The van der Waals surface area contributed by atoms with Crippen LogP contribution in [0.4, 0.5) is 0 Å². The van der Waals surface area contributed by atoms with Crippen molar-refractivity contribution < 1.29 is 5.11 Å². The molecule has 0 spiro atoms. The van der Waals surface area contributed by atoms with E-state index in [1.54, 1.807) is 0 Å². The van der Waals surface area contributed by atoms with Crippen molar-refractivity contribution in [2.24, 2.45) is 0 Å². The van der Waals surface area contributed by atoms with Crippen molar-refractivity contribution in [3.05, 3.63) is 0 Å². The van der Waals surface area contributed by atoms with Gasteiger partial charge in [-0.1, -0.05) is 67.8 Å². The Bertz CT molecular complexity index is 94.1. The van der Waals surface area contributed by atoms with E-state index in [9.17, 15) is 0 Å². The van der Waals surface area contributed by atoms with E-state index in [4.69, 9.17) is 5.11 Å². The molecule has 0 aliphatic heterocycles. The van der Waals surface area contributed by atoms with Crippen LogP contribution >= 0.6 is 15.9 Å². The average molecular weight is 251 g/mol. The molecule has 2 heteroatoms. The van der Waals surface area contributed by atoms with Crippen molar-refractivity contribution in [2.45, 2.75) is 69.7 Å². The van der Waals surface area contributed by atoms with Crippen molar-refractivity contribution in [1.82, 2.24) is 0 Å². The molecular weight excluding hydrogens is 228 g/mol. The molecule has 0 aliphatic carbocycles. The first-order chi connectivity index (χ1) is 6.27. The molecular formula is C11H23BrO. The Kier molecular flexibility index (Phi) is 10.9. The zero-order valence-electron chi connectivity index (χ0n) is 8.77. The predicted octanol–water partition coefficient (Wildman–Crippen LogP) is 4.23. The van der Waals surface area contributed by atoms with Gasteiger partial charge in [0.2, 0.25) is 0 Å². The molecule has 0 saturated heterocycles. The van der Waals surface area contributed by atoms with Gasteiger partial charge in [-0.25, -0.2) is 0 Å². The van der Waals surface area contributed by atoms with Crippen molar-refractivity contribution in [1.29, 1.82) is 0 Å². The third-order valence-electron chi connectivity index (χ3n) is 2.30. The lowest BCUT2D eigenvalue weighted by Crippen LogP contribution is -1.93. The van der Waals surface area contributed by atoms with Crippen LogP contribution in [0.1, 0.15) is 64.7 Å². The molecule has 0 aromatic carbocycles. The number of hydrogen-bond donors (Lipinski definition) is 1. The molecule has 1 atom stereocenters. The molecule has 1 nitrogen and oxygen atoms in total. The molecule has 1 N–H and O–H groups in total. The topological polar surface area (TPSA) is 20.2 Å². The predicted molar refractivity (Wildman–Crippen MR) is 62.2 cm³/mol. The van der Waals surface area contributed by atoms with Crippen LogP contribution in [0.25, 0.3) is 0 Å². The first-order valence-electron chi connectivity index (χ1n) is 5.59. The summed E-state index contributed by atoms with van der Waals surface area (Å²) in [5.41, 5.74) is 0. The number of alkyl halides is 1. The molecule has 0 rings (SSSR count). The van der Waals surface area contributed by atoms with E-state index in [0.717, 1.165) is 12.8 Å².